The van der Waals surface area contributed by atoms with Gasteiger partial charge in [-0.15, -0.1) is 0 Å². The van der Waals surface area contributed by atoms with E-state index in [0.717, 1.165) is 56.6 Å². The van der Waals surface area contributed by atoms with Gasteiger partial charge in [-0.1, -0.05) is 24.3 Å². The van der Waals surface area contributed by atoms with E-state index in [1.807, 2.05) is 6.07 Å². The van der Waals surface area contributed by atoms with Crippen LogP contribution in [-0.4, -0.2) is 54.3 Å². The van der Waals surface area contributed by atoms with Crippen LogP contribution in [0, 0.1) is 0 Å². The highest BCUT2D eigenvalue weighted by atomic mass is 16.5. The number of anilines is 2. The Morgan fingerprint density at radius 2 is 1.69 bits per heavy atom. The van der Waals surface area contributed by atoms with E-state index in [-0.39, 0.29) is 0 Å². The van der Waals surface area contributed by atoms with Crippen LogP contribution in [0.3, 0.4) is 0 Å². The number of benzene rings is 1. The molecule has 2 fully saturated rings. The average molecular weight is 353 g/mol. The highest BCUT2D eigenvalue weighted by Gasteiger charge is 2.19. The maximum atomic E-state index is 6.04. The number of hydrogen-bond acceptors (Lipinski definition) is 6. The van der Waals surface area contributed by atoms with Crippen LogP contribution in [0.5, 0.6) is 0 Å². The number of nitrogens with zero attached hydrogens (tertiary/aromatic N) is 4. The molecule has 2 aromatic rings. The first-order valence-corrected chi connectivity index (χ1v) is 9.52. The molecule has 6 nitrogen and oxygen atoms in total. The molecule has 1 aromatic heterocycles. The maximum Gasteiger partial charge on any atom is 0.227 e. The summed E-state index contributed by atoms with van der Waals surface area (Å²) in [6, 6.07) is 10.9. The minimum Gasteiger partial charge on any atom is -0.384 e. The molecule has 1 atom stereocenters. The lowest BCUT2D eigenvalue weighted by Crippen LogP contribution is -2.37. The van der Waals surface area contributed by atoms with Crippen molar-refractivity contribution in [3.63, 3.8) is 0 Å². The summed E-state index contributed by atoms with van der Waals surface area (Å²) in [4.78, 5) is 13.9. The van der Waals surface area contributed by atoms with Gasteiger partial charge in [0.25, 0.3) is 0 Å². The van der Waals surface area contributed by atoms with E-state index < -0.39 is 0 Å². The van der Waals surface area contributed by atoms with E-state index in [2.05, 4.69) is 46.0 Å². The summed E-state index contributed by atoms with van der Waals surface area (Å²) >= 11 is 0. The van der Waals surface area contributed by atoms with Crippen molar-refractivity contribution in [3.8, 4) is 11.3 Å². The first kappa shape index (κ1) is 17.2. The van der Waals surface area contributed by atoms with Crippen LogP contribution in [0.25, 0.3) is 11.3 Å². The van der Waals surface area contributed by atoms with Crippen LogP contribution in [-0.2, 0) is 4.74 Å². The standard InChI is InChI=1S/C20H27N5O/c1-15(24-10-12-26-13-11-24)16-4-6-17(7-5-16)18-14-19(21)23-20(22-18)25-8-2-3-9-25/h4-7,14-15H,2-3,8-13H2,1H3,(H2,21,22,23)/t15-/m0/s1. The van der Waals surface area contributed by atoms with E-state index in [1.165, 1.54) is 18.4 Å². The molecule has 0 radical (unpaired) electrons. The third-order valence-electron chi connectivity index (χ3n) is 5.41. The van der Waals surface area contributed by atoms with Crippen LogP contribution in [0.4, 0.5) is 11.8 Å². The SMILES string of the molecule is C[C@@H](c1ccc(-c2cc(N)nc(N3CCCC3)n2)cc1)N1CCOCC1. The minimum absolute atomic E-state index is 0.392. The molecule has 1 aromatic carbocycles. The zero-order valence-electron chi connectivity index (χ0n) is 15.4. The molecule has 26 heavy (non-hydrogen) atoms. The van der Waals surface area contributed by atoms with Crippen molar-refractivity contribution < 1.29 is 4.74 Å². The lowest BCUT2D eigenvalue weighted by Gasteiger charge is -2.32. The molecule has 3 heterocycles. The Kier molecular flexibility index (Phi) is 5.04. The van der Waals surface area contributed by atoms with Crippen molar-refractivity contribution in [2.24, 2.45) is 0 Å². The van der Waals surface area contributed by atoms with Crippen LogP contribution in [0.2, 0.25) is 0 Å². The van der Waals surface area contributed by atoms with E-state index in [1.54, 1.807) is 0 Å². The molecule has 4 rings (SSSR count). The minimum atomic E-state index is 0.392. The molecule has 2 aliphatic heterocycles. The lowest BCUT2D eigenvalue weighted by molar-refractivity contribution is 0.0198. The number of nitrogen functional groups attached to an aromatic ring is 1. The molecule has 2 aliphatic rings. The van der Waals surface area contributed by atoms with Crippen molar-refractivity contribution in [1.29, 1.82) is 0 Å². The van der Waals surface area contributed by atoms with Crippen molar-refractivity contribution in [1.82, 2.24) is 14.9 Å². The number of ether oxygens (including phenoxy) is 1. The molecule has 0 amide bonds. The summed E-state index contributed by atoms with van der Waals surface area (Å²) < 4.78 is 5.46. The highest BCUT2D eigenvalue weighted by Crippen LogP contribution is 2.27. The third kappa shape index (κ3) is 3.66. The summed E-state index contributed by atoms with van der Waals surface area (Å²) in [5.41, 5.74) is 9.34. The first-order valence-electron chi connectivity index (χ1n) is 9.52. The first-order chi connectivity index (χ1) is 12.7. The van der Waals surface area contributed by atoms with Crippen molar-refractivity contribution in [3.05, 3.63) is 35.9 Å². The Labute approximate surface area is 155 Å². The van der Waals surface area contributed by atoms with E-state index in [9.17, 15) is 0 Å². The molecule has 138 valence electrons. The largest absolute Gasteiger partial charge is 0.384 e. The van der Waals surface area contributed by atoms with Gasteiger partial charge in [0, 0.05) is 43.9 Å². The van der Waals surface area contributed by atoms with Crippen LogP contribution < -0.4 is 10.6 Å². The Bertz CT molecular complexity index is 736. The Balaban J connectivity index is 1.54. The molecular formula is C20H27N5O. The fourth-order valence-corrected chi connectivity index (χ4v) is 3.77. The molecule has 0 unspecified atom stereocenters. The molecule has 0 bridgehead atoms. The van der Waals surface area contributed by atoms with E-state index >= 15 is 0 Å². The Morgan fingerprint density at radius 3 is 2.38 bits per heavy atom. The van der Waals surface area contributed by atoms with Gasteiger partial charge in [-0.25, -0.2) is 4.98 Å². The van der Waals surface area contributed by atoms with Gasteiger partial charge in [0.15, 0.2) is 0 Å². The van der Waals surface area contributed by atoms with Gasteiger partial charge in [-0.2, -0.15) is 4.98 Å². The monoisotopic (exact) mass is 353 g/mol. The van der Waals surface area contributed by atoms with Gasteiger partial charge >= 0.3 is 0 Å². The van der Waals surface area contributed by atoms with Crippen molar-refractivity contribution in [2.45, 2.75) is 25.8 Å². The summed E-state index contributed by atoms with van der Waals surface area (Å²) in [7, 11) is 0. The van der Waals surface area contributed by atoms with Crippen LogP contribution >= 0.6 is 0 Å². The second-order valence-corrected chi connectivity index (χ2v) is 7.12. The normalized spacial score (nSPS) is 19.7. The second kappa shape index (κ2) is 7.60. The number of morpholine rings is 1. The molecule has 0 saturated carbocycles. The molecule has 2 N–H and O–H groups in total. The van der Waals surface area contributed by atoms with Gasteiger partial charge in [0.1, 0.15) is 5.82 Å². The molecule has 2 saturated heterocycles. The quantitative estimate of drug-likeness (QED) is 0.912. The zero-order chi connectivity index (χ0) is 17.9. The predicted octanol–water partition coefficient (Wildman–Crippen LogP) is 2.72. The number of hydrogen-bond donors (Lipinski definition) is 1. The predicted molar refractivity (Wildman–Crippen MR) is 104 cm³/mol. The van der Waals surface area contributed by atoms with Crippen molar-refractivity contribution in [2.75, 3.05) is 50.0 Å². The van der Waals surface area contributed by atoms with Crippen LogP contribution in [0.1, 0.15) is 31.4 Å². The van der Waals surface area contributed by atoms with E-state index in [0.29, 0.717) is 11.9 Å². The molecule has 6 heteroatoms. The molecule has 0 aliphatic carbocycles. The topological polar surface area (TPSA) is 67.5 Å². The summed E-state index contributed by atoms with van der Waals surface area (Å²) in [6.45, 7) is 7.91. The summed E-state index contributed by atoms with van der Waals surface area (Å²) in [5, 5.41) is 0. The smallest absolute Gasteiger partial charge is 0.227 e. The number of nitrogens with two attached hydrogens (primary N) is 1. The molecule has 0 spiro atoms. The summed E-state index contributed by atoms with van der Waals surface area (Å²) in [6.07, 6.45) is 2.39. The van der Waals surface area contributed by atoms with Gasteiger partial charge in [-0.3, -0.25) is 4.90 Å². The second-order valence-electron chi connectivity index (χ2n) is 7.12. The fraction of sp³-hybridized carbons (Fsp3) is 0.500. The maximum absolute atomic E-state index is 6.04. The van der Waals surface area contributed by atoms with Gasteiger partial charge in [0.05, 0.1) is 18.9 Å². The van der Waals surface area contributed by atoms with E-state index in [4.69, 9.17) is 15.5 Å². The fourth-order valence-electron chi connectivity index (χ4n) is 3.77. The molecular weight excluding hydrogens is 326 g/mol. The lowest BCUT2D eigenvalue weighted by atomic mass is 10.0. The van der Waals surface area contributed by atoms with Gasteiger partial charge in [0.2, 0.25) is 5.95 Å². The van der Waals surface area contributed by atoms with Gasteiger partial charge < -0.3 is 15.4 Å². The zero-order valence-corrected chi connectivity index (χ0v) is 15.4. The number of aromatic nitrogens is 2. The third-order valence-corrected chi connectivity index (χ3v) is 5.41. The highest BCUT2D eigenvalue weighted by molar-refractivity contribution is 5.64. The Hall–Kier alpha value is -2.18. The van der Waals surface area contributed by atoms with Crippen molar-refractivity contribution >= 4 is 11.8 Å². The Morgan fingerprint density at radius 1 is 1.00 bits per heavy atom. The van der Waals surface area contributed by atoms with Gasteiger partial charge in [-0.05, 0) is 25.3 Å². The number of rotatable bonds is 4. The van der Waals surface area contributed by atoms with Crippen LogP contribution in [0.15, 0.2) is 30.3 Å². The summed E-state index contributed by atoms with van der Waals surface area (Å²) in [5.74, 6) is 1.28. The average Bonchev–Trinajstić information content (AvgIpc) is 3.23.